The Bertz CT molecular complexity index is 430. The molecule has 0 spiro atoms. The number of carbonyl (C=O) groups is 2. The Labute approximate surface area is 173 Å². The molecule has 4 nitrogen and oxygen atoms in total. The van der Waals surface area contributed by atoms with Crippen LogP contribution in [0.3, 0.4) is 0 Å². The molecule has 0 aliphatic heterocycles. The van der Waals surface area contributed by atoms with E-state index in [1.807, 2.05) is 0 Å². The van der Waals surface area contributed by atoms with Crippen molar-refractivity contribution in [2.45, 2.75) is 123 Å². The van der Waals surface area contributed by atoms with Crippen molar-refractivity contribution in [3.63, 3.8) is 0 Å². The first kappa shape index (κ1) is 26.8. The monoisotopic (exact) mass is 396 g/mol. The van der Waals surface area contributed by atoms with Gasteiger partial charge in [0.2, 0.25) is 5.60 Å². The highest BCUT2D eigenvalue weighted by Gasteiger charge is 2.40. The Morgan fingerprint density at radius 1 is 0.786 bits per heavy atom. The van der Waals surface area contributed by atoms with Crippen LogP contribution in [0.1, 0.15) is 117 Å². The molecule has 1 unspecified atom stereocenters. The van der Waals surface area contributed by atoms with Gasteiger partial charge in [0.1, 0.15) is 0 Å². The summed E-state index contributed by atoms with van der Waals surface area (Å²) in [5, 5.41) is 9.97. The molecule has 164 valence electrons. The van der Waals surface area contributed by atoms with Crippen molar-refractivity contribution in [3.8, 4) is 0 Å². The van der Waals surface area contributed by atoms with E-state index in [2.05, 4.69) is 19.1 Å². The summed E-state index contributed by atoms with van der Waals surface area (Å²) in [5.74, 6) is -1.36. The molecule has 0 aliphatic rings. The highest BCUT2D eigenvalue weighted by molar-refractivity contribution is 6.05. The number of ketones is 1. The van der Waals surface area contributed by atoms with Gasteiger partial charge in [-0.25, -0.2) is 4.79 Å². The van der Waals surface area contributed by atoms with Crippen molar-refractivity contribution in [1.82, 2.24) is 0 Å². The summed E-state index contributed by atoms with van der Waals surface area (Å²) < 4.78 is 5.06. The molecule has 1 atom stereocenters. The maximum atomic E-state index is 11.8. The average molecular weight is 397 g/mol. The van der Waals surface area contributed by atoms with Crippen LogP contribution in [0.15, 0.2) is 12.2 Å². The van der Waals surface area contributed by atoms with E-state index in [1.165, 1.54) is 77.6 Å². The Morgan fingerprint density at radius 2 is 1.25 bits per heavy atom. The number of allylic oxidation sites excluding steroid dienone is 2. The molecule has 0 fully saturated rings. The van der Waals surface area contributed by atoms with E-state index in [0.29, 0.717) is 0 Å². The van der Waals surface area contributed by atoms with E-state index in [9.17, 15) is 14.7 Å². The Kier molecular flexibility index (Phi) is 17.2. The minimum absolute atomic E-state index is 0.0502. The predicted molar refractivity (Wildman–Crippen MR) is 116 cm³/mol. The second-order valence-electron chi connectivity index (χ2n) is 7.84. The number of carbonyl (C=O) groups excluding carboxylic acids is 2. The molecule has 0 radical (unpaired) electrons. The number of rotatable bonds is 19. The first-order valence-corrected chi connectivity index (χ1v) is 11.5. The van der Waals surface area contributed by atoms with Crippen LogP contribution >= 0.6 is 0 Å². The second-order valence-corrected chi connectivity index (χ2v) is 7.84. The summed E-state index contributed by atoms with van der Waals surface area (Å²) in [7, 11) is 0. The van der Waals surface area contributed by atoms with Gasteiger partial charge in [0.25, 0.3) is 0 Å². The largest absolute Gasteiger partial charge is 0.463 e. The third-order valence-corrected chi connectivity index (χ3v) is 5.32. The van der Waals surface area contributed by atoms with E-state index < -0.39 is 17.4 Å². The minimum Gasteiger partial charge on any atom is -0.463 e. The number of hydrogen-bond acceptors (Lipinski definition) is 4. The molecular weight excluding hydrogens is 352 g/mol. The molecule has 0 bridgehead atoms. The zero-order chi connectivity index (χ0) is 21.1. The van der Waals surface area contributed by atoms with E-state index in [-0.39, 0.29) is 13.0 Å². The van der Waals surface area contributed by atoms with E-state index in [1.54, 1.807) is 6.92 Å². The molecule has 0 rings (SSSR count). The van der Waals surface area contributed by atoms with Gasteiger partial charge in [0.15, 0.2) is 5.78 Å². The van der Waals surface area contributed by atoms with Gasteiger partial charge in [-0.15, -0.1) is 0 Å². The molecule has 0 saturated heterocycles. The number of esters is 1. The van der Waals surface area contributed by atoms with Gasteiger partial charge in [0, 0.05) is 0 Å². The van der Waals surface area contributed by atoms with Crippen molar-refractivity contribution in [2.24, 2.45) is 0 Å². The normalized spacial score (nSPS) is 13.6. The zero-order valence-electron chi connectivity index (χ0n) is 18.6. The first-order valence-electron chi connectivity index (χ1n) is 11.5. The maximum absolute atomic E-state index is 11.8. The first-order chi connectivity index (χ1) is 13.5. The van der Waals surface area contributed by atoms with Gasteiger partial charge in [-0.05, 0) is 45.4 Å². The second kappa shape index (κ2) is 17.9. The highest BCUT2D eigenvalue weighted by atomic mass is 16.5. The van der Waals surface area contributed by atoms with Gasteiger partial charge in [-0.2, -0.15) is 0 Å². The molecule has 1 N–H and O–H groups in total. The average Bonchev–Trinajstić information content (AvgIpc) is 2.69. The molecule has 0 aromatic carbocycles. The summed E-state index contributed by atoms with van der Waals surface area (Å²) in [5.41, 5.74) is -1.97. The number of Topliss-reactive ketones (excluding diaryl/α,β-unsaturated/α-hetero) is 1. The Hall–Kier alpha value is -1.16. The number of ether oxygens (including phenoxy) is 1. The van der Waals surface area contributed by atoms with Gasteiger partial charge in [-0.1, -0.05) is 83.8 Å². The topological polar surface area (TPSA) is 63.6 Å². The van der Waals surface area contributed by atoms with Crippen LogP contribution in [0.2, 0.25) is 0 Å². The smallest absolute Gasteiger partial charge is 0.345 e. The molecule has 0 saturated carbocycles. The fourth-order valence-electron chi connectivity index (χ4n) is 3.17. The molecule has 0 aromatic heterocycles. The molecule has 0 aliphatic carbocycles. The fraction of sp³-hybridized carbons (Fsp3) is 0.833. The molecule has 28 heavy (non-hydrogen) atoms. The SMILES string of the molecule is CCCCCCCC/C=C\CCCCCCCCOC(=O)C(O)(CC)C(C)=O. The van der Waals surface area contributed by atoms with Crippen LogP contribution in [0, 0.1) is 0 Å². The number of aliphatic hydroxyl groups is 1. The van der Waals surface area contributed by atoms with Crippen LogP contribution in [0.25, 0.3) is 0 Å². The number of hydrogen-bond donors (Lipinski definition) is 1. The van der Waals surface area contributed by atoms with Crippen LogP contribution in [-0.2, 0) is 14.3 Å². The summed E-state index contributed by atoms with van der Waals surface area (Å²) in [6, 6.07) is 0. The van der Waals surface area contributed by atoms with Crippen molar-refractivity contribution in [1.29, 1.82) is 0 Å². The van der Waals surface area contributed by atoms with Gasteiger partial charge < -0.3 is 9.84 Å². The predicted octanol–water partition coefficient (Wildman–Crippen LogP) is 6.30. The van der Waals surface area contributed by atoms with E-state index >= 15 is 0 Å². The summed E-state index contributed by atoms with van der Waals surface area (Å²) in [6.07, 6.45) is 21.9. The maximum Gasteiger partial charge on any atom is 0.345 e. The van der Waals surface area contributed by atoms with Crippen molar-refractivity contribution in [2.75, 3.05) is 6.61 Å². The fourth-order valence-corrected chi connectivity index (χ4v) is 3.17. The molecule has 4 heteroatoms. The lowest BCUT2D eigenvalue weighted by molar-refractivity contribution is -0.170. The molecular formula is C24H44O4. The summed E-state index contributed by atoms with van der Waals surface area (Å²) in [6.45, 7) is 5.35. The zero-order valence-corrected chi connectivity index (χ0v) is 18.6. The van der Waals surface area contributed by atoms with Crippen LogP contribution < -0.4 is 0 Å². The molecule has 0 amide bonds. The van der Waals surface area contributed by atoms with Gasteiger partial charge in [-0.3, -0.25) is 4.79 Å². The molecule has 0 heterocycles. The summed E-state index contributed by atoms with van der Waals surface area (Å²) >= 11 is 0. The Balaban J connectivity index is 3.43. The quantitative estimate of drug-likeness (QED) is 0.120. The highest BCUT2D eigenvalue weighted by Crippen LogP contribution is 2.15. The molecule has 0 aromatic rings. The van der Waals surface area contributed by atoms with E-state index in [4.69, 9.17) is 4.74 Å². The Morgan fingerprint density at radius 3 is 1.71 bits per heavy atom. The van der Waals surface area contributed by atoms with Gasteiger partial charge in [0.05, 0.1) is 6.61 Å². The van der Waals surface area contributed by atoms with Crippen molar-refractivity contribution >= 4 is 11.8 Å². The summed E-state index contributed by atoms with van der Waals surface area (Å²) in [4.78, 5) is 23.2. The lowest BCUT2D eigenvalue weighted by Gasteiger charge is -2.21. The van der Waals surface area contributed by atoms with E-state index in [0.717, 1.165) is 19.3 Å². The van der Waals surface area contributed by atoms with Crippen molar-refractivity contribution < 1.29 is 19.4 Å². The third-order valence-electron chi connectivity index (χ3n) is 5.32. The number of unbranched alkanes of at least 4 members (excludes halogenated alkanes) is 12. The lowest BCUT2D eigenvalue weighted by Crippen LogP contribution is -2.46. The van der Waals surface area contributed by atoms with Gasteiger partial charge >= 0.3 is 5.97 Å². The standard InChI is InChI=1S/C24H44O4/c1-4-6-7-8-9-10-11-12-13-14-15-16-17-18-19-20-21-28-23(26)24(27,5-2)22(3)25/h12-13,27H,4-11,14-21H2,1-3H3/b13-12-. The minimum atomic E-state index is -1.97. The van der Waals surface area contributed by atoms with Crippen LogP contribution in [0.5, 0.6) is 0 Å². The van der Waals surface area contributed by atoms with Crippen LogP contribution in [0.4, 0.5) is 0 Å². The third kappa shape index (κ3) is 13.1. The lowest BCUT2D eigenvalue weighted by atomic mass is 9.96. The van der Waals surface area contributed by atoms with Crippen molar-refractivity contribution in [3.05, 3.63) is 12.2 Å². The van der Waals surface area contributed by atoms with Crippen LogP contribution in [-0.4, -0.2) is 29.1 Å².